The minimum Gasteiger partial charge on any atom is -0.456 e. The number of benzene rings is 4. The van der Waals surface area contributed by atoms with Gasteiger partial charge >= 0.3 is 0 Å². The Morgan fingerprint density at radius 3 is 2.28 bits per heavy atom. The topological polar surface area (TPSA) is 63.5 Å². The summed E-state index contributed by atoms with van der Waals surface area (Å²) in [4.78, 5) is 5.12. The summed E-state index contributed by atoms with van der Waals surface area (Å²) >= 11 is 0. The van der Waals surface area contributed by atoms with E-state index in [0.29, 0.717) is 0 Å². The molecule has 0 spiro atoms. The number of hydrogen-bond donors (Lipinski definition) is 2. The molecule has 1 aliphatic rings. The van der Waals surface area contributed by atoms with Crippen LogP contribution in [0.3, 0.4) is 0 Å². The van der Waals surface area contributed by atoms with Crippen LogP contribution < -0.4 is 11.1 Å². The van der Waals surface area contributed by atoms with Crippen LogP contribution in [-0.4, -0.2) is 5.84 Å². The Kier molecular flexibility index (Phi) is 5.12. The van der Waals surface area contributed by atoms with E-state index in [-0.39, 0.29) is 6.04 Å². The van der Waals surface area contributed by atoms with Gasteiger partial charge in [-0.1, -0.05) is 68.4 Å². The Labute approximate surface area is 187 Å². The lowest BCUT2D eigenvalue weighted by Gasteiger charge is -2.26. The van der Waals surface area contributed by atoms with Gasteiger partial charge in [0.15, 0.2) is 0 Å². The molecule has 4 aromatic carbocycles. The Balaban J connectivity index is 0.00000105. The summed E-state index contributed by atoms with van der Waals surface area (Å²) in [5, 5.41) is 5.72. The number of furan rings is 1. The van der Waals surface area contributed by atoms with Crippen molar-refractivity contribution in [3.8, 4) is 0 Å². The van der Waals surface area contributed by atoms with Crippen molar-refractivity contribution in [1.82, 2.24) is 0 Å². The van der Waals surface area contributed by atoms with Crippen molar-refractivity contribution >= 4 is 39.1 Å². The molecule has 3 N–H and O–H groups in total. The minimum absolute atomic E-state index is 0.167. The molecule has 1 aliphatic heterocycles. The molecular formula is C28H25N3O. The molecule has 32 heavy (non-hydrogen) atoms. The van der Waals surface area contributed by atoms with Gasteiger partial charge in [-0.3, -0.25) is 4.99 Å². The number of nitrogens with zero attached hydrogens (tertiary/aromatic N) is 1. The lowest BCUT2D eigenvalue weighted by Crippen LogP contribution is -2.22. The predicted molar refractivity (Wildman–Crippen MR) is 134 cm³/mol. The number of amidine groups is 1. The van der Waals surface area contributed by atoms with Crippen molar-refractivity contribution in [3.63, 3.8) is 0 Å². The molecule has 1 atom stereocenters. The summed E-state index contributed by atoms with van der Waals surface area (Å²) in [5.41, 5.74) is 12.6. The highest BCUT2D eigenvalue weighted by Gasteiger charge is 2.26. The number of aliphatic imine (C=N–C) groups is 1. The molecular weight excluding hydrogens is 394 g/mol. The van der Waals surface area contributed by atoms with E-state index >= 15 is 0 Å². The summed E-state index contributed by atoms with van der Waals surface area (Å²) in [7, 11) is 0. The van der Waals surface area contributed by atoms with Crippen molar-refractivity contribution in [2.45, 2.75) is 19.9 Å². The average Bonchev–Trinajstić information content (AvgIpc) is 3.24. The van der Waals surface area contributed by atoms with Crippen LogP contribution in [0.1, 0.15) is 36.6 Å². The lowest BCUT2D eigenvalue weighted by molar-refractivity contribution is 0.657. The minimum atomic E-state index is -0.167. The van der Waals surface area contributed by atoms with Gasteiger partial charge in [0, 0.05) is 38.8 Å². The summed E-state index contributed by atoms with van der Waals surface area (Å²) in [5.74, 6) is 0.826. The number of fused-ring (bicyclic) bond motifs is 4. The second kappa shape index (κ2) is 8.23. The highest BCUT2D eigenvalue weighted by Crippen LogP contribution is 2.41. The van der Waals surface area contributed by atoms with E-state index in [1.54, 1.807) is 0 Å². The van der Waals surface area contributed by atoms with Crippen LogP contribution in [0.2, 0.25) is 0 Å². The van der Waals surface area contributed by atoms with Gasteiger partial charge in [0.05, 0.1) is 0 Å². The molecule has 0 bridgehead atoms. The summed E-state index contributed by atoms with van der Waals surface area (Å²) in [6.45, 7) is 4.00. The average molecular weight is 420 g/mol. The maximum atomic E-state index is 6.30. The lowest BCUT2D eigenvalue weighted by atomic mass is 9.94. The number of nitrogens with one attached hydrogen (secondary N) is 1. The van der Waals surface area contributed by atoms with Crippen LogP contribution in [0.4, 0.5) is 11.4 Å². The van der Waals surface area contributed by atoms with Gasteiger partial charge in [-0.25, -0.2) is 0 Å². The number of nitrogen functional groups attached to an aromatic ring is 1. The third-order valence-electron chi connectivity index (χ3n) is 5.68. The highest BCUT2D eigenvalue weighted by molar-refractivity contribution is 6.11. The van der Waals surface area contributed by atoms with E-state index in [0.717, 1.165) is 55.8 Å². The third kappa shape index (κ3) is 3.30. The molecule has 6 rings (SSSR count). The fourth-order valence-electron chi connectivity index (χ4n) is 4.22. The summed E-state index contributed by atoms with van der Waals surface area (Å²) in [6, 6.07) is 30.4. The zero-order chi connectivity index (χ0) is 22.1. The van der Waals surface area contributed by atoms with Crippen LogP contribution in [0.25, 0.3) is 21.9 Å². The maximum absolute atomic E-state index is 6.30. The van der Waals surface area contributed by atoms with Crippen molar-refractivity contribution < 1.29 is 4.42 Å². The molecule has 4 heteroatoms. The van der Waals surface area contributed by atoms with Crippen molar-refractivity contribution in [1.29, 1.82) is 0 Å². The molecule has 1 unspecified atom stereocenters. The van der Waals surface area contributed by atoms with Crippen LogP contribution in [0, 0.1) is 0 Å². The molecule has 0 amide bonds. The first-order valence-corrected chi connectivity index (χ1v) is 11.0. The SMILES string of the molecule is CC.Nc1ccc(C2=NC(c3cccc4c3oc3ccccc34)c3ccccc3N2)cc1. The van der Waals surface area contributed by atoms with Crippen molar-refractivity contribution in [2.24, 2.45) is 4.99 Å². The summed E-state index contributed by atoms with van der Waals surface area (Å²) in [6.07, 6.45) is 0. The Bertz CT molecular complexity index is 1430. The van der Waals surface area contributed by atoms with E-state index in [1.165, 1.54) is 0 Å². The van der Waals surface area contributed by atoms with Gasteiger partial charge in [-0.15, -0.1) is 0 Å². The van der Waals surface area contributed by atoms with E-state index < -0.39 is 0 Å². The number of para-hydroxylation sites is 3. The highest BCUT2D eigenvalue weighted by atomic mass is 16.3. The van der Waals surface area contributed by atoms with E-state index in [1.807, 2.05) is 62.4 Å². The first-order valence-electron chi connectivity index (χ1n) is 11.0. The Morgan fingerprint density at radius 1 is 0.750 bits per heavy atom. The number of anilines is 2. The van der Waals surface area contributed by atoms with Crippen LogP contribution >= 0.6 is 0 Å². The van der Waals surface area contributed by atoms with Gasteiger partial charge in [0.2, 0.25) is 0 Å². The smallest absolute Gasteiger partial charge is 0.141 e. The largest absolute Gasteiger partial charge is 0.456 e. The van der Waals surface area contributed by atoms with Gasteiger partial charge in [0.1, 0.15) is 23.0 Å². The van der Waals surface area contributed by atoms with Crippen LogP contribution in [0.5, 0.6) is 0 Å². The zero-order valence-electron chi connectivity index (χ0n) is 18.2. The first kappa shape index (κ1) is 19.9. The first-order chi connectivity index (χ1) is 15.8. The zero-order valence-corrected chi connectivity index (χ0v) is 18.2. The second-order valence-electron chi connectivity index (χ2n) is 7.54. The molecule has 158 valence electrons. The van der Waals surface area contributed by atoms with E-state index in [2.05, 4.69) is 47.8 Å². The van der Waals surface area contributed by atoms with E-state index in [4.69, 9.17) is 15.1 Å². The van der Waals surface area contributed by atoms with Gasteiger partial charge in [-0.05, 0) is 36.4 Å². The molecule has 2 heterocycles. The number of rotatable bonds is 2. The monoisotopic (exact) mass is 419 g/mol. The van der Waals surface area contributed by atoms with Crippen molar-refractivity contribution in [2.75, 3.05) is 11.1 Å². The normalized spacial score (nSPS) is 14.8. The fourth-order valence-corrected chi connectivity index (χ4v) is 4.22. The quantitative estimate of drug-likeness (QED) is 0.298. The molecule has 0 saturated carbocycles. The van der Waals surface area contributed by atoms with Gasteiger partial charge in [-0.2, -0.15) is 0 Å². The molecule has 0 aliphatic carbocycles. The molecule has 0 radical (unpaired) electrons. The van der Waals surface area contributed by atoms with Crippen LogP contribution in [0.15, 0.2) is 100 Å². The second-order valence-corrected chi connectivity index (χ2v) is 7.54. The van der Waals surface area contributed by atoms with E-state index in [9.17, 15) is 0 Å². The number of hydrogen-bond acceptors (Lipinski definition) is 4. The molecule has 5 aromatic rings. The molecule has 1 aromatic heterocycles. The van der Waals surface area contributed by atoms with Crippen LogP contribution in [-0.2, 0) is 0 Å². The predicted octanol–water partition coefficient (Wildman–Crippen LogP) is 7.16. The maximum Gasteiger partial charge on any atom is 0.141 e. The Morgan fingerprint density at radius 2 is 1.44 bits per heavy atom. The summed E-state index contributed by atoms with van der Waals surface area (Å²) < 4.78 is 6.30. The molecule has 4 nitrogen and oxygen atoms in total. The fraction of sp³-hybridized carbons (Fsp3) is 0.107. The third-order valence-corrected chi connectivity index (χ3v) is 5.68. The standard InChI is InChI=1S/C26H19N3O.C2H6/c27-17-14-12-16(13-15-17)26-28-22-10-3-1-7-20(22)24(29-26)21-9-5-8-19-18-6-2-4-11-23(18)30-25(19)21;1-2/h1-15,24H,27H2,(H,28,29);1-2H3. The molecule has 0 fully saturated rings. The van der Waals surface area contributed by atoms with Gasteiger partial charge in [0.25, 0.3) is 0 Å². The number of nitrogens with two attached hydrogens (primary N) is 1. The van der Waals surface area contributed by atoms with Crippen molar-refractivity contribution in [3.05, 3.63) is 108 Å². The van der Waals surface area contributed by atoms with Gasteiger partial charge < -0.3 is 15.5 Å². The Hall–Kier alpha value is -4.05. The molecule has 0 saturated heterocycles.